The Hall–Kier alpha value is -8.20. The number of fused-ring (bicyclic) bond motifs is 12. The molecule has 0 fully saturated rings. The monoisotopic (exact) mass is 844 g/mol. The van der Waals surface area contributed by atoms with Crippen LogP contribution in [0.5, 0.6) is 0 Å². The highest BCUT2D eigenvalue weighted by Gasteiger charge is 2.19. The van der Waals surface area contributed by atoms with Gasteiger partial charge in [0.2, 0.25) is 0 Å². The summed E-state index contributed by atoms with van der Waals surface area (Å²) in [6.45, 7) is 8.57. The molecule has 0 aromatic heterocycles. The summed E-state index contributed by atoms with van der Waals surface area (Å²) < 4.78 is 0. The first kappa shape index (κ1) is 39.4. The average molecular weight is 845 g/mol. The first-order valence-electron chi connectivity index (χ1n) is 23.0. The highest BCUT2D eigenvalue weighted by Crippen LogP contribution is 2.45. The zero-order chi connectivity index (χ0) is 44.5. The van der Waals surface area contributed by atoms with Gasteiger partial charge in [0.05, 0.1) is 0 Å². The summed E-state index contributed by atoms with van der Waals surface area (Å²) in [7, 11) is 0. The van der Waals surface area contributed by atoms with E-state index in [0.717, 1.165) is 34.1 Å². The van der Waals surface area contributed by atoms with E-state index in [1.165, 1.54) is 98.0 Å². The summed E-state index contributed by atoms with van der Waals surface area (Å²) in [5.74, 6) is 0. The van der Waals surface area contributed by atoms with Gasteiger partial charge in [-0.15, -0.1) is 0 Å². The van der Waals surface area contributed by atoms with Crippen LogP contribution in [0.3, 0.4) is 0 Å². The molecular formula is C64H48N2. The molecule has 0 amide bonds. The molecule has 2 heteroatoms. The maximum atomic E-state index is 2.47. The van der Waals surface area contributed by atoms with Crippen molar-refractivity contribution in [2.75, 3.05) is 9.80 Å². The molecule has 0 saturated carbocycles. The van der Waals surface area contributed by atoms with Crippen LogP contribution in [0.25, 0.3) is 75.8 Å². The van der Waals surface area contributed by atoms with E-state index in [2.05, 4.69) is 256 Å². The summed E-state index contributed by atoms with van der Waals surface area (Å²) in [6.07, 6.45) is 0. The van der Waals surface area contributed by atoms with Crippen molar-refractivity contribution in [2.24, 2.45) is 0 Å². The van der Waals surface area contributed by atoms with Crippen LogP contribution in [0, 0.1) is 27.7 Å². The van der Waals surface area contributed by atoms with Gasteiger partial charge in [0.1, 0.15) is 0 Å². The quantitative estimate of drug-likeness (QED) is 0.116. The molecule has 0 saturated heterocycles. The summed E-state index contributed by atoms with van der Waals surface area (Å²) >= 11 is 0. The molecular weight excluding hydrogens is 797 g/mol. The van der Waals surface area contributed by atoms with Crippen molar-refractivity contribution in [2.45, 2.75) is 27.7 Å². The highest BCUT2D eigenvalue weighted by molar-refractivity contribution is 6.33. The fourth-order valence-corrected chi connectivity index (χ4v) is 10.2. The van der Waals surface area contributed by atoms with Gasteiger partial charge >= 0.3 is 0 Å². The Bertz CT molecular complexity index is 3720. The van der Waals surface area contributed by atoms with E-state index in [-0.39, 0.29) is 0 Å². The van der Waals surface area contributed by atoms with Crippen molar-refractivity contribution in [3.8, 4) is 11.1 Å². The molecule has 0 heterocycles. The second-order valence-corrected chi connectivity index (χ2v) is 18.1. The molecule has 0 spiro atoms. The van der Waals surface area contributed by atoms with E-state index in [1.807, 2.05) is 0 Å². The second-order valence-electron chi connectivity index (χ2n) is 18.1. The molecule has 12 rings (SSSR count). The Morgan fingerprint density at radius 1 is 0.197 bits per heavy atom. The van der Waals surface area contributed by atoms with E-state index in [4.69, 9.17) is 0 Å². The number of hydrogen-bond acceptors (Lipinski definition) is 2. The topological polar surface area (TPSA) is 6.48 Å². The van der Waals surface area contributed by atoms with Gasteiger partial charge in [-0.3, -0.25) is 0 Å². The van der Waals surface area contributed by atoms with Gasteiger partial charge in [-0.05, 0) is 194 Å². The van der Waals surface area contributed by atoms with Crippen LogP contribution in [0.4, 0.5) is 34.1 Å². The number of aryl methyl sites for hydroxylation is 4. The van der Waals surface area contributed by atoms with Crippen LogP contribution in [0.15, 0.2) is 218 Å². The minimum atomic E-state index is 1.13. The molecule has 12 aromatic rings. The minimum absolute atomic E-state index is 1.13. The predicted octanol–water partition coefficient (Wildman–Crippen LogP) is 18.4. The third kappa shape index (κ3) is 6.73. The molecule has 0 N–H and O–H groups in total. The lowest BCUT2D eigenvalue weighted by molar-refractivity contribution is 1.27. The standard InChI is InChI=1S/C64H48N2/c1-41-13-24-47(25-14-41)65(48-26-15-42(2)16-27-48)51-32-21-45(22-33-51)46-23-35-57-59(37-46)53-9-5-7-11-55(53)61-40-64-58-36-34-52(38-60(58)54-10-6-8-12-56(54)62(64)39-63(57)61)66(49-28-17-43(3)18-29-49)50-30-19-44(4)20-31-50/h5-40H,1-4H3. The molecule has 0 aliphatic heterocycles. The molecule has 0 atom stereocenters. The van der Waals surface area contributed by atoms with Crippen LogP contribution < -0.4 is 9.80 Å². The minimum Gasteiger partial charge on any atom is -0.311 e. The molecule has 66 heavy (non-hydrogen) atoms. The summed E-state index contributed by atoms with van der Waals surface area (Å²) in [5, 5.41) is 15.2. The Morgan fingerprint density at radius 2 is 0.455 bits per heavy atom. The third-order valence-corrected chi connectivity index (χ3v) is 13.7. The Balaban J connectivity index is 1.01. The number of benzene rings is 12. The second kappa shape index (κ2) is 15.8. The number of nitrogens with zero attached hydrogens (tertiary/aromatic N) is 2. The zero-order valence-electron chi connectivity index (χ0n) is 37.7. The highest BCUT2D eigenvalue weighted by atomic mass is 15.1. The largest absolute Gasteiger partial charge is 0.311 e. The van der Waals surface area contributed by atoms with Gasteiger partial charge in [0, 0.05) is 34.1 Å². The molecule has 0 radical (unpaired) electrons. The number of anilines is 6. The molecule has 0 bridgehead atoms. The van der Waals surface area contributed by atoms with Crippen molar-refractivity contribution < 1.29 is 0 Å². The maximum Gasteiger partial charge on any atom is 0.0468 e. The van der Waals surface area contributed by atoms with E-state index in [1.54, 1.807) is 0 Å². The fraction of sp³-hybridized carbons (Fsp3) is 0.0625. The van der Waals surface area contributed by atoms with Crippen molar-refractivity contribution in [3.05, 3.63) is 241 Å². The Morgan fingerprint density at radius 3 is 0.833 bits per heavy atom. The lowest BCUT2D eigenvalue weighted by Gasteiger charge is -2.26. The van der Waals surface area contributed by atoms with E-state index >= 15 is 0 Å². The third-order valence-electron chi connectivity index (χ3n) is 13.7. The SMILES string of the molecule is Cc1ccc(N(c2ccc(C)cc2)c2ccc(-c3ccc4c(c3)c3ccccc3c3cc5c6ccc(N(c7ccc(C)cc7)c7ccc(C)cc7)cc6c6ccccc6c5cc43)cc2)cc1. The van der Waals surface area contributed by atoms with Gasteiger partial charge in [-0.2, -0.15) is 0 Å². The van der Waals surface area contributed by atoms with E-state index < -0.39 is 0 Å². The van der Waals surface area contributed by atoms with E-state index in [0.29, 0.717) is 0 Å². The van der Waals surface area contributed by atoms with Crippen molar-refractivity contribution in [3.63, 3.8) is 0 Å². The van der Waals surface area contributed by atoms with Crippen molar-refractivity contribution >= 4 is 98.8 Å². The summed E-state index contributed by atoms with van der Waals surface area (Å²) in [5.41, 5.74) is 14.2. The smallest absolute Gasteiger partial charge is 0.0468 e. The molecule has 0 aliphatic rings. The molecule has 2 nitrogen and oxygen atoms in total. The predicted molar refractivity (Wildman–Crippen MR) is 285 cm³/mol. The van der Waals surface area contributed by atoms with Gasteiger partial charge < -0.3 is 9.80 Å². The van der Waals surface area contributed by atoms with Gasteiger partial charge in [0.25, 0.3) is 0 Å². The van der Waals surface area contributed by atoms with Gasteiger partial charge in [-0.25, -0.2) is 0 Å². The van der Waals surface area contributed by atoms with Gasteiger partial charge in [-0.1, -0.05) is 150 Å². The van der Waals surface area contributed by atoms with Crippen molar-refractivity contribution in [1.29, 1.82) is 0 Å². The molecule has 0 unspecified atom stereocenters. The summed E-state index contributed by atoms with van der Waals surface area (Å²) in [4.78, 5) is 4.72. The fourth-order valence-electron chi connectivity index (χ4n) is 10.2. The first-order valence-corrected chi connectivity index (χ1v) is 23.0. The van der Waals surface area contributed by atoms with E-state index in [9.17, 15) is 0 Å². The summed E-state index contributed by atoms with van der Waals surface area (Å²) in [6, 6.07) is 81.3. The van der Waals surface area contributed by atoms with Crippen LogP contribution in [-0.4, -0.2) is 0 Å². The van der Waals surface area contributed by atoms with Crippen LogP contribution >= 0.6 is 0 Å². The molecule has 0 aliphatic carbocycles. The normalized spacial score (nSPS) is 11.6. The van der Waals surface area contributed by atoms with Crippen molar-refractivity contribution in [1.82, 2.24) is 0 Å². The Labute approximate surface area is 386 Å². The number of hydrogen-bond donors (Lipinski definition) is 0. The van der Waals surface area contributed by atoms with Crippen LogP contribution in [-0.2, 0) is 0 Å². The van der Waals surface area contributed by atoms with Gasteiger partial charge in [0.15, 0.2) is 0 Å². The lowest BCUT2D eigenvalue weighted by Crippen LogP contribution is -2.10. The molecule has 314 valence electrons. The Kier molecular flexibility index (Phi) is 9.43. The van der Waals surface area contributed by atoms with Crippen LogP contribution in [0.1, 0.15) is 22.3 Å². The molecule has 12 aromatic carbocycles. The maximum absolute atomic E-state index is 2.47. The van der Waals surface area contributed by atoms with Crippen LogP contribution in [0.2, 0.25) is 0 Å². The average Bonchev–Trinajstić information content (AvgIpc) is 3.36. The zero-order valence-corrected chi connectivity index (χ0v) is 37.7. The first-order chi connectivity index (χ1) is 32.3. The number of rotatable bonds is 7. The lowest BCUT2D eigenvalue weighted by atomic mass is 9.87.